The van der Waals surface area contributed by atoms with Crippen molar-refractivity contribution in [1.82, 2.24) is 9.80 Å². The Kier molecular flexibility index (Phi) is 2.05. The first-order chi connectivity index (χ1) is 5.79. The summed E-state index contributed by atoms with van der Waals surface area (Å²) < 4.78 is 0. The maximum atomic E-state index is 11.5. The Morgan fingerprint density at radius 1 is 1.50 bits per heavy atom. The van der Waals surface area contributed by atoms with E-state index in [9.17, 15) is 4.79 Å². The van der Waals surface area contributed by atoms with Crippen LogP contribution in [0.5, 0.6) is 0 Å². The second-order valence-corrected chi connectivity index (χ2v) is 3.82. The second kappa shape index (κ2) is 3.05. The fourth-order valence-corrected chi connectivity index (χ4v) is 2.17. The lowest BCUT2D eigenvalue weighted by molar-refractivity contribution is -0.130. The van der Waals surface area contributed by atoms with Crippen LogP contribution in [0.1, 0.15) is 13.3 Å². The fourth-order valence-electron chi connectivity index (χ4n) is 2.17. The number of hydrogen-bond donors (Lipinski definition) is 0. The molecule has 0 aromatic heterocycles. The van der Waals surface area contributed by atoms with Crippen molar-refractivity contribution in [3.63, 3.8) is 0 Å². The molecular formula is C9H16N2O. The molecule has 2 saturated heterocycles. The number of nitrogens with zero attached hydrogens (tertiary/aromatic N) is 2. The third-order valence-corrected chi connectivity index (χ3v) is 2.96. The molecular weight excluding hydrogens is 152 g/mol. The summed E-state index contributed by atoms with van der Waals surface area (Å²) in [6.45, 7) is 6.92. The van der Waals surface area contributed by atoms with Gasteiger partial charge in [-0.2, -0.15) is 0 Å². The molecule has 2 bridgehead atoms. The molecule has 12 heavy (non-hydrogen) atoms. The van der Waals surface area contributed by atoms with E-state index in [2.05, 4.69) is 11.8 Å². The lowest BCUT2D eigenvalue weighted by atomic mass is 10.1. The van der Waals surface area contributed by atoms with Gasteiger partial charge in [-0.25, -0.2) is 0 Å². The smallest absolute Gasteiger partial charge is 0.236 e. The Morgan fingerprint density at radius 2 is 2.33 bits per heavy atom. The molecule has 2 rings (SSSR count). The van der Waals surface area contributed by atoms with E-state index in [0.29, 0.717) is 12.5 Å². The van der Waals surface area contributed by atoms with E-state index in [4.69, 9.17) is 0 Å². The molecule has 0 spiro atoms. The topological polar surface area (TPSA) is 23.6 Å². The van der Waals surface area contributed by atoms with Crippen molar-refractivity contribution in [2.24, 2.45) is 5.92 Å². The van der Waals surface area contributed by atoms with E-state index in [1.165, 1.54) is 6.42 Å². The normalized spacial score (nSPS) is 30.9. The highest BCUT2D eigenvalue weighted by Crippen LogP contribution is 2.20. The van der Waals surface area contributed by atoms with Crippen LogP contribution >= 0.6 is 0 Å². The molecule has 3 heteroatoms. The first-order valence-corrected chi connectivity index (χ1v) is 4.79. The van der Waals surface area contributed by atoms with Crippen LogP contribution in [0.3, 0.4) is 0 Å². The molecule has 2 aliphatic rings. The largest absolute Gasteiger partial charge is 0.341 e. The van der Waals surface area contributed by atoms with E-state index in [1.54, 1.807) is 0 Å². The molecule has 68 valence electrons. The average molecular weight is 168 g/mol. The molecule has 2 aliphatic heterocycles. The highest BCUT2D eigenvalue weighted by Gasteiger charge is 2.31. The van der Waals surface area contributed by atoms with Crippen LogP contribution in [0.15, 0.2) is 0 Å². The molecule has 0 aromatic carbocycles. The zero-order chi connectivity index (χ0) is 8.55. The number of carbonyl (C=O) groups is 1. The highest BCUT2D eigenvalue weighted by atomic mass is 16.2. The summed E-state index contributed by atoms with van der Waals surface area (Å²) in [6, 6.07) is 0. The third kappa shape index (κ3) is 1.33. The predicted molar refractivity (Wildman–Crippen MR) is 46.8 cm³/mol. The molecule has 1 unspecified atom stereocenters. The second-order valence-electron chi connectivity index (χ2n) is 3.82. The quantitative estimate of drug-likeness (QED) is 0.557. The Labute approximate surface area is 73.3 Å². The van der Waals surface area contributed by atoms with Crippen LogP contribution < -0.4 is 0 Å². The molecule has 2 fully saturated rings. The summed E-state index contributed by atoms with van der Waals surface area (Å²) in [5, 5.41) is 0. The van der Waals surface area contributed by atoms with Gasteiger partial charge in [0.2, 0.25) is 5.91 Å². The van der Waals surface area contributed by atoms with Gasteiger partial charge >= 0.3 is 0 Å². The summed E-state index contributed by atoms with van der Waals surface area (Å²) in [4.78, 5) is 15.8. The molecule has 0 aromatic rings. The minimum atomic E-state index is 0.330. The van der Waals surface area contributed by atoms with Gasteiger partial charge in [0.05, 0.1) is 6.54 Å². The molecule has 1 atom stereocenters. The number of rotatable bonds is 1. The van der Waals surface area contributed by atoms with Gasteiger partial charge in [0.1, 0.15) is 0 Å². The molecule has 0 saturated carbocycles. The van der Waals surface area contributed by atoms with E-state index >= 15 is 0 Å². The van der Waals surface area contributed by atoms with Crippen molar-refractivity contribution in [3.8, 4) is 0 Å². The first kappa shape index (κ1) is 8.05. The van der Waals surface area contributed by atoms with Crippen molar-refractivity contribution in [2.75, 3.05) is 32.7 Å². The average Bonchev–Trinajstić information content (AvgIpc) is 2.44. The van der Waals surface area contributed by atoms with Crippen molar-refractivity contribution < 1.29 is 4.79 Å². The van der Waals surface area contributed by atoms with Crippen molar-refractivity contribution in [3.05, 3.63) is 0 Å². The first-order valence-electron chi connectivity index (χ1n) is 4.79. The van der Waals surface area contributed by atoms with Crippen LogP contribution in [0, 0.1) is 5.92 Å². The van der Waals surface area contributed by atoms with Gasteiger partial charge in [0.25, 0.3) is 0 Å². The monoisotopic (exact) mass is 168 g/mol. The summed E-state index contributed by atoms with van der Waals surface area (Å²) in [6.07, 6.45) is 1.21. The number of fused-ring (bicyclic) bond motifs is 2. The summed E-state index contributed by atoms with van der Waals surface area (Å²) in [7, 11) is 0. The Balaban J connectivity index is 2.07. The standard InChI is InChI=1S/C9H16N2O/c1-2-10-5-8-3-4-11(6-8)9(12)7-10/h8H,2-7H2,1H3. The van der Waals surface area contributed by atoms with Crippen LogP contribution in [0.2, 0.25) is 0 Å². The van der Waals surface area contributed by atoms with E-state index in [-0.39, 0.29) is 0 Å². The summed E-state index contributed by atoms with van der Waals surface area (Å²) in [5.74, 6) is 1.08. The van der Waals surface area contributed by atoms with Gasteiger partial charge in [-0.05, 0) is 18.9 Å². The third-order valence-electron chi connectivity index (χ3n) is 2.96. The molecule has 3 nitrogen and oxygen atoms in total. The van der Waals surface area contributed by atoms with Gasteiger partial charge in [-0.3, -0.25) is 9.69 Å². The van der Waals surface area contributed by atoms with E-state index in [0.717, 1.165) is 32.1 Å². The Morgan fingerprint density at radius 3 is 3.08 bits per heavy atom. The summed E-state index contributed by atoms with van der Waals surface area (Å²) >= 11 is 0. The number of likely N-dealkylation sites (N-methyl/N-ethyl adjacent to an activating group) is 1. The van der Waals surface area contributed by atoms with Gasteiger partial charge in [-0.1, -0.05) is 6.92 Å². The SMILES string of the molecule is CCN1CC(=O)N2CCC(C1)C2. The van der Waals surface area contributed by atoms with E-state index < -0.39 is 0 Å². The van der Waals surface area contributed by atoms with Crippen molar-refractivity contribution in [2.45, 2.75) is 13.3 Å². The van der Waals surface area contributed by atoms with E-state index in [1.807, 2.05) is 4.90 Å². The van der Waals surface area contributed by atoms with Crippen LogP contribution in [0.4, 0.5) is 0 Å². The minimum absolute atomic E-state index is 0.330. The van der Waals surface area contributed by atoms with Crippen molar-refractivity contribution >= 4 is 5.91 Å². The Hall–Kier alpha value is -0.570. The lowest BCUT2D eigenvalue weighted by Gasteiger charge is -2.21. The zero-order valence-corrected chi connectivity index (χ0v) is 7.62. The lowest BCUT2D eigenvalue weighted by Crippen LogP contribution is -2.37. The van der Waals surface area contributed by atoms with Gasteiger partial charge in [0, 0.05) is 19.6 Å². The molecule has 0 aliphatic carbocycles. The zero-order valence-electron chi connectivity index (χ0n) is 7.62. The number of hydrogen-bond acceptors (Lipinski definition) is 2. The highest BCUT2D eigenvalue weighted by molar-refractivity contribution is 5.78. The van der Waals surface area contributed by atoms with Crippen LogP contribution in [0.25, 0.3) is 0 Å². The molecule has 0 N–H and O–H groups in total. The van der Waals surface area contributed by atoms with Gasteiger partial charge in [0.15, 0.2) is 0 Å². The minimum Gasteiger partial charge on any atom is -0.341 e. The molecule has 1 amide bonds. The number of carbonyl (C=O) groups excluding carboxylic acids is 1. The molecule has 0 radical (unpaired) electrons. The van der Waals surface area contributed by atoms with Crippen LogP contribution in [-0.2, 0) is 4.79 Å². The Bertz CT molecular complexity index is 193. The van der Waals surface area contributed by atoms with Gasteiger partial charge < -0.3 is 4.90 Å². The number of amides is 1. The molecule has 2 heterocycles. The fraction of sp³-hybridized carbons (Fsp3) is 0.889. The predicted octanol–water partition coefficient (Wildman–Crippen LogP) is 0.170. The van der Waals surface area contributed by atoms with Crippen LogP contribution in [-0.4, -0.2) is 48.4 Å². The maximum absolute atomic E-state index is 11.5. The summed E-state index contributed by atoms with van der Waals surface area (Å²) in [5.41, 5.74) is 0. The maximum Gasteiger partial charge on any atom is 0.236 e. The van der Waals surface area contributed by atoms with Gasteiger partial charge in [-0.15, -0.1) is 0 Å². The van der Waals surface area contributed by atoms with Crippen molar-refractivity contribution in [1.29, 1.82) is 0 Å².